The zero-order chi connectivity index (χ0) is 13.8. The van der Waals surface area contributed by atoms with Gasteiger partial charge in [0.1, 0.15) is 18.5 Å². The highest BCUT2D eigenvalue weighted by atomic mass is 16.6. The Hall–Kier alpha value is -2.68. The average Bonchev–Trinajstić information content (AvgIpc) is 2.94. The van der Waals surface area contributed by atoms with Crippen LogP contribution in [0.25, 0.3) is 5.70 Å². The van der Waals surface area contributed by atoms with Gasteiger partial charge < -0.3 is 4.84 Å². The summed E-state index contributed by atoms with van der Waals surface area (Å²) in [5, 5.41) is 4.07. The molecule has 0 unspecified atom stereocenters. The lowest BCUT2D eigenvalue weighted by Gasteiger charge is -2.01. The Morgan fingerprint density at radius 2 is 1.45 bits per heavy atom. The van der Waals surface area contributed by atoms with E-state index in [0.717, 1.165) is 28.2 Å². The first-order valence-corrected chi connectivity index (χ1v) is 6.41. The average molecular weight is 262 g/mol. The lowest BCUT2D eigenvalue weighted by molar-refractivity contribution is 0.214. The van der Waals surface area contributed by atoms with E-state index in [9.17, 15) is 0 Å². The van der Waals surface area contributed by atoms with Crippen LogP contribution in [0.15, 0.2) is 76.9 Å². The summed E-state index contributed by atoms with van der Waals surface area (Å²) in [6.45, 7) is 0. The topological polar surface area (TPSA) is 34.0 Å². The predicted molar refractivity (Wildman–Crippen MR) is 81.8 cm³/mol. The number of rotatable bonds is 3. The van der Waals surface area contributed by atoms with Crippen LogP contribution in [-0.4, -0.2) is 18.5 Å². The van der Waals surface area contributed by atoms with Gasteiger partial charge in [0.15, 0.2) is 0 Å². The van der Waals surface area contributed by atoms with E-state index < -0.39 is 0 Å². The Kier molecular flexibility index (Phi) is 3.42. The van der Waals surface area contributed by atoms with Gasteiger partial charge in [0.2, 0.25) is 0 Å². The molecule has 1 heterocycles. The summed E-state index contributed by atoms with van der Waals surface area (Å²) in [4.78, 5) is 9.62. The molecule has 2 aromatic carbocycles. The van der Waals surface area contributed by atoms with Crippen molar-refractivity contribution in [2.24, 2.45) is 10.1 Å². The van der Waals surface area contributed by atoms with Crippen LogP contribution in [0.5, 0.6) is 0 Å². The normalized spacial score (nSPS) is 15.9. The fraction of sp³-hybridized carbons (Fsp3) is 0.0588. The minimum absolute atomic E-state index is 0.748. The molecule has 0 aromatic heterocycles. The fourth-order valence-corrected chi connectivity index (χ4v) is 2.14. The molecule has 0 radical (unpaired) electrons. The number of allylic oxidation sites excluding steroid dienone is 1. The lowest BCUT2D eigenvalue weighted by atomic mass is 10.1. The second-order valence-electron chi connectivity index (χ2n) is 4.38. The van der Waals surface area contributed by atoms with Crippen molar-refractivity contribution in [2.45, 2.75) is 0 Å². The van der Waals surface area contributed by atoms with Crippen molar-refractivity contribution in [3.05, 3.63) is 77.9 Å². The third kappa shape index (κ3) is 2.38. The molecule has 20 heavy (non-hydrogen) atoms. The Morgan fingerprint density at radius 3 is 2.05 bits per heavy atom. The molecule has 98 valence electrons. The standard InChI is InChI=1S/C17H14N2O/c1-20-19-16-12-15(13-8-4-2-5-9-13)18-17(16)14-10-6-3-7-11-14/h2-12H,1H3/b19-16+. The van der Waals surface area contributed by atoms with Crippen LogP contribution in [0.3, 0.4) is 0 Å². The van der Waals surface area contributed by atoms with Crippen molar-refractivity contribution in [3.8, 4) is 0 Å². The molecule has 0 atom stereocenters. The van der Waals surface area contributed by atoms with E-state index in [4.69, 9.17) is 9.83 Å². The van der Waals surface area contributed by atoms with Crippen molar-refractivity contribution < 1.29 is 4.84 Å². The first-order chi connectivity index (χ1) is 9.88. The molecule has 0 spiro atoms. The molecule has 2 aromatic rings. The largest absolute Gasteiger partial charge is 0.399 e. The summed E-state index contributed by atoms with van der Waals surface area (Å²) >= 11 is 0. The van der Waals surface area contributed by atoms with Gasteiger partial charge in [-0.25, -0.2) is 4.99 Å². The van der Waals surface area contributed by atoms with Crippen LogP contribution < -0.4 is 0 Å². The van der Waals surface area contributed by atoms with E-state index in [1.54, 1.807) is 7.11 Å². The zero-order valence-corrected chi connectivity index (χ0v) is 11.2. The molecule has 0 bridgehead atoms. The Labute approximate surface area is 117 Å². The zero-order valence-electron chi connectivity index (χ0n) is 11.2. The number of oxime groups is 1. The molecule has 0 aliphatic carbocycles. The molecule has 0 saturated carbocycles. The van der Waals surface area contributed by atoms with Crippen LogP contribution in [0, 0.1) is 0 Å². The summed E-state index contributed by atoms with van der Waals surface area (Å²) in [5.74, 6) is 0. The summed E-state index contributed by atoms with van der Waals surface area (Å²) in [7, 11) is 1.55. The molecule has 0 N–H and O–H groups in total. The Balaban J connectivity index is 2.05. The van der Waals surface area contributed by atoms with Crippen LogP contribution in [0.1, 0.15) is 11.1 Å². The maximum Gasteiger partial charge on any atom is 0.131 e. The maximum atomic E-state index is 4.92. The van der Waals surface area contributed by atoms with E-state index in [2.05, 4.69) is 5.16 Å². The number of hydrogen-bond acceptors (Lipinski definition) is 3. The Bertz CT molecular complexity index is 685. The van der Waals surface area contributed by atoms with Gasteiger partial charge in [-0.2, -0.15) is 0 Å². The minimum atomic E-state index is 0.748. The molecule has 0 saturated heterocycles. The summed E-state index contributed by atoms with van der Waals surface area (Å²) < 4.78 is 0. The van der Waals surface area contributed by atoms with E-state index in [-0.39, 0.29) is 0 Å². The van der Waals surface area contributed by atoms with Gasteiger partial charge in [-0.3, -0.25) is 0 Å². The number of nitrogens with zero attached hydrogens (tertiary/aromatic N) is 2. The van der Waals surface area contributed by atoms with E-state index >= 15 is 0 Å². The number of benzene rings is 2. The van der Waals surface area contributed by atoms with Crippen molar-refractivity contribution in [1.29, 1.82) is 0 Å². The molecular formula is C17H14N2O. The predicted octanol–water partition coefficient (Wildman–Crippen LogP) is 3.53. The quantitative estimate of drug-likeness (QED) is 0.779. The maximum absolute atomic E-state index is 4.92. The molecule has 0 fully saturated rings. The van der Waals surface area contributed by atoms with Gasteiger partial charge >= 0.3 is 0 Å². The van der Waals surface area contributed by atoms with E-state index in [0.29, 0.717) is 0 Å². The highest BCUT2D eigenvalue weighted by Crippen LogP contribution is 2.23. The summed E-state index contributed by atoms with van der Waals surface area (Å²) in [6.07, 6.45) is 1.95. The molecule has 3 rings (SSSR count). The van der Waals surface area contributed by atoms with Gasteiger partial charge in [-0.15, -0.1) is 0 Å². The van der Waals surface area contributed by atoms with Crippen LogP contribution in [0.2, 0.25) is 0 Å². The minimum Gasteiger partial charge on any atom is -0.399 e. The smallest absolute Gasteiger partial charge is 0.131 e. The Morgan fingerprint density at radius 1 is 0.850 bits per heavy atom. The third-order valence-corrected chi connectivity index (χ3v) is 3.05. The van der Waals surface area contributed by atoms with Crippen molar-refractivity contribution in [1.82, 2.24) is 0 Å². The van der Waals surface area contributed by atoms with Gasteiger partial charge in [0.25, 0.3) is 0 Å². The molecule has 1 aliphatic heterocycles. The number of hydrogen-bond donors (Lipinski definition) is 0. The molecule has 1 aliphatic rings. The van der Waals surface area contributed by atoms with Crippen LogP contribution >= 0.6 is 0 Å². The second-order valence-corrected chi connectivity index (χ2v) is 4.38. The van der Waals surface area contributed by atoms with E-state index in [1.807, 2.05) is 66.7 Å². The summed E-state index contributed by atoms with van der Waals surface area (Å²) in [5.41, 5.74) is 4.59. The molecule has 3 heteroatoms. The van der Waals surface area contributed by atoms with Gasteiger partial charge in [-0.05, 0) is 6.08 Å². The highest BCUT2D eigenvalue weighted by molar-refractivity contribution is 6.55. The van der Waals surface area contributed by atoms with Crippen molar-refractivity contribution in [2.75, 3.05) is 7.11 Å². The molecule has 3 nitrogen and oxygen atoms in total. The SMILES string of the molecule is CO/N=C1\C=C(c2ccccc2)N=C1c1ccccc1. The van der Waals surface area contributed by atoms with Crippen LogP contribution in [-0.2, 0) is 4.84 Å². The number of aliphatic imine (C=N–C) groups is 1. The van der Waals surface area contributed by atoms with E-state index in [1.165, 1.54) is 0 Å². The first-order valence-electron chi connectivity index (χ1n) is 6.41. The van der Waals surface area contributed by atoms with Crippen LogP contribution in [0.4, 0.5) is 0 Å². The first kappa shape index (κ1) is 12.4. The third-order valence-electron chi connectivity index (χ3n) is 3.05. The van der Waals surface area contributed by atoms with Gasteiger partial charge in [-0.1, -0.05) is 65.8 Å². The van der Waals surface area contributed by atoms with Gasteiger partial charge in [0, 0.05) is 11.1 Å². The molecule has 0 amide bonds. The fourth-order valence-electron chi connectivity index (χ4n) is 2.14. The second kappa shape index (κ2) is 5.53. The van der Waals surface area contributed by atoms with Crippen molar-refractivity contribution >= 4 is 17.1 Å². The van der Waals surface area contributed by atoms with Gasteiger partial charge in [0.05, 0.1) is 5.70 Å². The lowest BCUT2D eigenvalue weighted by Crippen LogP contribution is -2.10. The summed E-state index contributed by atoms with van der Waals surface area (Å²) in [6, 6.07) is 20.1. The highest BCUT2D eigenvalue weighted by Gasteiger charge is 2.19. The monoisotopic (exact) mass is 262 g/mol. The van der Waals surface area contributed by atoms with Crippen molar-refractivity contribution in [3.63, 3.8) is 0 Å². The molecular weight excluding hydrogens is 248 g/mol.